The fourth-order valence-corrected chi connectivity index (χ4v) is 4.05. The maximum absolute atomic E-state index is 11.7. The summed E-state index contributed by atoms with van der Waals surface area (Å²) >= 11 is 0. The number of nitrogens with zero attached hydrogens (tertiary/aromatic N) is 1. The van der Waals surface area contributed by atoms with E-state index in [2.05, 4.69) is 39.5 Å². The van der Waals surface area contributed by atoms with E-state index in [1.807, 2.05) is 0 Å². The predicted molar refractivity (Wildman–Crippen MR) is 83.3 cm³/mol. The lowest BCUT2D eigenvalue weighted by molar-refractivity contribution is -0.153. The maximum Gasteiger partial charge on any atom is 0.308 e. The Kier molecular flexibility index (Phi) is 4.69. The number of carboxylic acids is 1. The van der Waals surface area contributed by atoms with Crippen LogP contribution < -0.4 is 0 Å². The number of rotatable bonds is 2. The van der Waals surface area contributed by atoms with Crippen molar-refractivity contribution in [1.82, 2.24) is 4.90 Å². The summed E-state index contributed by atoms with van der Waals surface area (Å²) in [6.45, 7) is 13.4. The van der Waals surface area contributed by atoms with E-state index < -0.39 is 5.97 Å². The second kappa shape index (κ2) is 5.88. The molecule has 21 heavy (non-hydrogen) atoms. The average molecular weight is 297 g/mol. The highest BCUT2D eigenvalue weighted by Crippen LogP contribution is 2.43. The lowest BCUT2D eigenvalue weighted by atomic mass is 9.67. The molecule has 122 valence electrons. The molecule has 0 aromatic carbocycles. The van der Waals surface area contributed by atoms with Crippen LogP contribution >= 0.6 is 0 Å². The van der Waals surface area contributed by atoms with Gasteiger partial charge in [-0.3, -0.25) is 9.69 Å². The monoisotopic (exact) mass is 297 g/mol. The first-order chi connectivity index (χ1) is 9.63. The van der Waals surface area contributed by atoms with Gasteiger partial charge >= 0.3 is 5.97 Å². The van der Waals surface area contributed by atoms with Gasteiger partial charge in [-0.25, -0.2) is 0 Å². The van der Waals surface area contributed by atoms with E-state index in [0.29, 0.717) is 19.1 Å². The molecule has 1 heterocycles. The van der Waals surface area contributed by atoms with Gasteiger partial charge in [-0.05, 0) is 44.4 Å². The summed E-state index contributed by atoms with van der Waals surface area (Å²) in [5.74, 6) is -0.271. The van der Waals surface area contributed by atoms with Gasteiger partial charge in [-0.1, -0.05) is 20.8 Å². The quantitative estimate of drug-likeness (QED) is 0.851. The van der Waals surface area contributed by atoms with E-state index in [-0.39, 0.29) is 22.9 Å². The van der Waals surface area contributed by atoms with Crippen LogP contribution in [0, 0.1) is 17.3 Å². The van der Waals surface area contributed by atoms with Crippen LogP contribution in [0.4, 0.5) is 0 Å². The van der Waals surface area contributed by atoms with Crippen molar-refractivity contribution < 1.29 is 14.6 Å². The third-order valence-electron chi connectivity index (χ3n) is 5.47. The van der Waals surface area contributed by atoms with Gasteiger partial charge in [-0.15, -0.1) is 0 Å². The zero-order valence-electron chi connectivity index (χ0n) is 14.2. The molecule has 2 fully saturated rings. The second-order valence-corrected chi connectivity index (χ2v) is 8.45. The van der Waals surface area contributed by atoms with Crippen molar-refractivity contribution in [1.29, 1.82) is 0 Å². The number of hydrogen-bond donors (Lipinski definition) is 1. The first-order valence-corrected chi connectivity index (χ1v) is 8.20. The summed E-state index contributed by atoms with van der Waals surface area (Å²) in [6.07, 6.45) is 2.82. The highest BCUT2D eigenvalue weighted by atomic mass is 16.5. The Bertz CT molecular complexity index is 386. The van der Waals surface area contributed by atoms with Gasteiger partial charge in [-0.2, -0.15) is 0 Å². The third kappa shape index (κ3) is 3.59. The van der Waals surface area contributed by atoms with Crippen LogP contribution in [-0.2, 0) is 9.53 Å². The van der Waals surface area contributed by atoms with Crippen molar-refractivity contribution in [2.24, 2.45) is 17.3 Å². The Morgan fingerprint density at radius 3 is 2.48 bits per heavy atom. The van der Waals surface area contributed by atoms with Crippen LogP contribution in [0.2, 0.25) is 0 Å². The number of carbonyl (C=O) groups is 1. The van der Waals surface area contributed by atoms with Gasteiger partial charge < -0.3 is 9.84 Å². The maximum atomic E-state index is 11.7. The van der Waals surface area contributed by atoms with Crippen molar-refractivity contribution in [3.05, 3.63) is 0 Å². The molecule has 4 heteroatoms. The van der Waals surface area contributed by atoms with Crippen LogP contribution in [0.25, 0.3) is 0 Å². The number of morpholine rings is 1. The number of hydrogen-bond acceptors (Lipinski definition) is 3. The van der Waals surface area contributed by atoms with E-state index in [1.54, 1.807) is 0 Å². The van der Waals surface area contributed by atoms with Gasteiger partial charge in [0, 0.05) is 18.1 Å². The highest BCUT2D eigenvalue weighted by molar-refractivity contribution is 5.71. The van der Waals surface area contributed by atoms with Crippen molar-refractivity contribution in [3.8, 4) is 0 Å². The normalized spacial score (nSPS) is 34.6. The van der Waals surface area contributed by atoms with Crippen LogP contribution in [0.5, 0.6) is 0 Å². The number of carboxylic acid groups (broad SMARTS) is 1. The Morgan fingerprint density at radius 2 is 1.95 bits per heavy atom. The third-order valence-corrected chi connectivity index (χ3v) is 5.47. The molecule has 1 saturated heterocycles. The van der Waals surface area contributed by atoms with E-state index in [9.17, 15) is 9.90 Å². The fraction of sp³-hybridized carbons (Fsp3) is 0.941. The highest BCUT2D eigenvalue weighted by Gasteiger charge is 2.46. The summed E-state index contributed by atoms with van der Waals surface area (Å²) in [6, 6.07) is 0.138. The van der Waals surface area contributed by atoms with E-state index >= 15 is 0 Å². The van der Waals surface area contributed by atoms with Gasteiger partial charge in [0.1, 0.15) is 0 Å². The molecule has 0 bridgehead atoms. The second-order valence-electron chi connectivity index (χ2n) is 8.45. The lowest BCUT2D eigenvalue weighted by Gasteiger charge is -2.52. The molecule has 1 aliphatic carbocycles. The van der Waals surface area contributed by atoms with Crippen molar-refractivity contribution in [2.75, 3.05) is 19.8 Å². The molecule has 4 nitrogen and oxygen atoms in total. The fourth-order valence-electron chi connectivity index (χ4n) is 4.05. The van der Waals surface area contributed by atoms with Crippen molar-refractivity contribution in [3.63, 3.8) is 0 Å². The zero-order valence-corrected chi connectivity index (χ0v) is 14.2. The summed E-state index contributed by atoms with van der Waals surface area (Å²) in [4.78, 5) is 14.1. The molecule has 0 aromatic heterocycles. The van der Waals surface area contributed by atoms with Crippen LogP contribution in [0.1, 0.15) is 53.9 Å². The Hall–Kier alpha value is -0.610. The molecule has 0 radical (unpaired) electrons. The molecule has 1 aliphatic heterocycles. The molecule has 3 unspecified atom stereocenters. The van der Waals surface area contributed by atoms with Gasteiger partial charge in [0.25, 0.3) is 0 Å². The predicted octanol–water partition coefficient (Wildman–Crippen LogP) is 3.01. The summed E-state index contributed by atoms with van der Waals surface area (Å²) in [7, 11) is 0. The molecule has 1 N–H and O–H groups in total. The minimum atomic E-state index is -0.630. The smallest absolute Gasteiger partial charge is 0.308 e. The van der Waals surface area contributed by atoms with Crippen LogP contribution in [0.15, 0.2) is 0 Å². The first kappa shape index (κ1) is 16.8. The SMILES string of the molecule is CC(C)(C)C1CCC(C(=O)O)C(N2CCOCC2(C)C)C1. The van der Waals surface area contributed by atoms with Gasteiger partial charge in [0.2, 0.25) is 0 Å². The summed E-state index contributed by atoms with van der Waals surface area (Å²) < 4.78 is 5.61. The lowest BCUT2D eigenvalue weighted by Crippen LogP contribution is -2.61. The Balaban J connectivity index is 2.23. The number of aliphatic carboxylic acids is 1. The summed E-state index contributed by atoms with van der Waals surface area (Å²) in [5, 5.41) is 9.64. The zero-order chi connectivity index (χ0) is 15.8. The van der Waals surface area contributed by atoms with Crippen LogP contribution in [0.3, 0.4) is 0 Å². The minimum absolute atomic E-state index is 0.0730. The molecule has 2 aliphatic rings. The molecule has 0 amide bonds. The molecule has 3 atom stereocenters. The van der Waals surface area contributed by atoms with E-state index in [1.165, 1.54) is 0 Å². The van der Waals surface area contributed by atoms with E-state index in [4.69, 9.17) is 4.74 Å². The average Bonchev–Trinajstić information content (AvgIpc) is 2.36. The molecular formula is C17H31NO3. The van der Waals surface area contributed by atoms with Gasteiger partial charge in [0.15, 0.2) is 0 Å². The molecule has 1 saturated carbocycles. The minimum Gasteiger partial charge on any atom is -0.481 e. The van der Waals surface area contributed by atoms with Crippen molar-refractivity contribution in [2.45, 2.75) is 65.5 Å². The van der Waals surface area contributed by atoms with Crippen molar-refractivity contribution >= 4 is 5.97 Å². The largest absolute Gasteiger partial charge is 0.481 e. The standard InChI is InChI=1S/C17H31NO3/c1-16(2,3)12-6-7-13(15(19)20)14(10-12)18-8-9-21-11-17(18,4)5/h12-14H,6-11H2,1-5H3,(H,19,20). The van der Waals surface area contributed by atoms with E-state index in [0.717, 1.165) is 25.8 Å². The summed E-state index contributed by atoms with van der Waals surface area (Å²) in [5.41, 5.74) is 0.175. The topological polar surface area (TPSA) is 49.8 Å². The molecular weight excluding hydrogens is 266 g/mol. The Labute approximate surface area is 128 Å². The first-order valence-electron chi connectivity index (χ1n) is 8.20. The number of ether oxygens (including phenoxy) is 1. The Morgan fingerprint density at radius 1 is 1.29 bits per heavy atom. The van der Waals surface area contributed by atoms with Crippen LogP contribution in [-0.4, -0.2) is 47.3 Å². The molecule has 0 spiro atoms. The van der Waals surface area contributed by atoms with Gasteiger partial charge in [0.05, 0.1) is 19.1 Å². The molecule has 0 aromatic rings. The molecule has 2 rings (SSSR count).